The average molecular weight is 355 g/mol. The zero-order chi connectivity index (χ0) is 18.3. The molecule has 0 saturated carbocycles. The second-order valence-electron chi connectivity index (χ2n) is 6.92. The fourth-order valence-corrected chi connectivity index (χ4v) is 3.52. The first-order chi connectivity index (χ1) is 12.5. The van der Waals surface area contributed by atoms with E-state index in [1.165, 1.54) is 0 Å². The van der Waals surface area contributed by atoms with E-state index in [0.29, 0.717) is 13.0 Å². The molecule has 8 heteroatoms. The van der Waals surface area contributed by atoms with Gasteiger partial charge in [0.1, 0.15) is 0 Å². The first kappa shape index (κ1) is 16.7. The summed E-state index contributed by atoms with van der Waals surface area (Å²) in [7, 11) is 0. The lowest BCUT2D eigenvalue weighted by atomic mass is 9.98. The Morgan fingerprint density at radius 3 is 2.92 bits per heavy atom. The number of carbonyl (C=O) groups is 1. The molecule has 1 amide bonds. The molecule has 1 aromatic carbocycles. The maximum absolute atomic E-state index is 12.8. The molecule has 2 aliphatic heterocycles. The molecule has 1 saturated heterocycles. The van der Waals surface area contributed by atoms with E-state index >= 15 is 0 Å². The number of benzene rings is 1. The Balaban J connectivity index is 1.44. The van der Waals surface area contributed by atoms with Crippen molar-refractivity contribution < 1.29 is 14.7 Å². The van der Waals surface area contributed by atoms with E-state index in [0.717, 1.165) is 22.4 Å². The first-order valence-corrected chi connectivity index (χ1v) is 8.66. The summed E-state index contributed by atoms with van der Waals surface area (Å²) in [4.78, 5) is 19.9. The van der Waals surface area contributed by atoms with Crippen molar-refractivity contribution in [3.05, 3.63) is 47.3 Å². The number of nitrogens with zero attached hydrogens (tertiary/aromatic N) is 5. The van der Waals surface area contributed by atoms with Crippen LogP contribution in [0.2, 0.25) is 0 Å². The summed E-state index contributed by atoms with van der Waals surface area (Å²) in [6, 6.07) is 5.86. The van der Waals surface area contributed by atoms with Crippen molar-refractivity contribution in [3.8, 4) is 0 Å². The van der Waals surface area contributed by atoms with Gasteiger partial charge in [-0.05, 0) is 25.5 Å². The Kier molecular flexibility index (Phi) is 4.20. The van der Waals surface area contributed by atoms with Crippen LogP contribution in [0, 0.1) is 13.8 Å². The molecule has 136 valence electrons. The van der Waals surface area contributed by atoms with Crippen LogP contribution in [0.1, 0.15) is 29.2 Å². The average Bonchev–Trinajstić information content (AvgIpc) is 3.36. The third-order valence-corrected chi connectivity index (χ3v) is 5.00. The highest BCUT2D eigenvalue weighted by molar-refractivity contribution is 6.05. The number of likely N-dealkylation sites (tertiary alicyclic amines) is 1. The number of hydrogen-bond donors (Lipinski definition) is 1. The molecule has 4 rings (SSSR count). The molecule has 1 aromatic heterocycles. The Bertz CT molecular complexity index is 849. The zero-order valence-electron chi connectivity index (χ0n) is 14.7. The lowest BCUT2D eigenvalue weighted by Crippen LogP contribution is -2.38. The van der Waals surface area contributed by atoms with Gasteiger partial charge in [-0.3, -0.25) is 4.79 Å². The highest BCUT2D eigenvalue weighted by Crippen LogP contribution is 2.26. The predicted octanol–water partition coefficient (Wildman–Crippen LogP) is 0.832. The van der Waals surface area contributed by atoms with Gasteiger partial charge in [-0.2, -0.15) is 0 Å². The van der Waals surface area contributed by atoms with Gasteiger partial charge in [0.05, 0.1) is 24.1 Å². The van der Waals surface area contributed by atoms with Gasteiger partial charge in [0, 0.05) is 31.3 Å². The number of aryl methyl sites for hydroxylation is 2. The van der Waals surface area contributed by atoms with Crippen LogP contribution in [0.15, 0.2) is 35.7 Å². The highest BCUT2D eigenvalue weighted by atomic mass is 16.6. The van der Waals surface area contributed by atoms with E-state index in [-0.39, 0.29) is 18.5 Å². The Hall–Kier alpha value is -2.74. The normalized spacial score (nSPS) is 25.3. The van der Waals surface area contributed by atoms with Crippen LogP contribution in [-0.4, -0.2) is 61.9 Å². The molecule has 26 heavy (non-hydrogen) atoms. The number of β-amino-alcohol motifs (C(OH)–C–C–N with tert-alkyl or cyclic N) is 1. The molecule has 0 bridgehead atoms. The number of hydrogen-bond acceptors (Lipinski definition) is 6. The SMILES string of the molecule is Cc1ccc(C)c(C2=NOC(C(=O)N3C[C@@H](O)[C@H](n4ccnn4)C3)C2)c1. The highest BCUT2D eigenvalue weighted by Gasteiger charge is 2.40. The van der Waals surface area contributed by atoms with Crippen molar-refractivity contribution in [1.82, 2.24) is 19.9 Å². The largest absolute Gasteiger partial charge is 0.389 e. The molecule has 0 radical (unpaired) electrons. The van der Waals surface area contributed by atoms with E-state index < -0.39 is 12.2 Å². The molecule has 3 atom stereocenters. The molecule has 2 aliphatic rings. The monoisotopic (exact) mass is 355 g/mol. The van der Waals surface area contributed by atoms with E-state index in [2.05, 4.69) is 21.5 Å². The van der Waals surface area contributed by atoms with Crippen molar-refractivity contribution >= 4 is 11.6 Å². The maximum atomic E-state index is 12.8. The zero-order valence-corrected chi connectivity index (χ0v) is 14.7. The predicted molar refractivity (Wildman–Crippen MR) is 93.6 cm³/mol. The summed E-state index contributed by atoms with van der Waals surface area (Å²) in [5.41, 5.74) is 4.05. The van der Waals surface area contributed by atoms with Gasteiger partial charge in [-0.25, -0.2) is 4.68 Å². The minimum absolute atomic E-state index is 0.157. The van der Waals surface area contributed by atoms with Crippen LogP contribution >= 0.6 is 0 Å². The van der Waals surface area contributed by atoms with E-state index in [1.54, 1.807) is 22.0 Å². The number of rotatable bonds is 3. The maximum Gasteiger partial charge on any atom is 0.267 e. The van der Waals surface area contributed by atoms with Crippen molar-refractivity contribution in [2.24, 2.45) is 5.16 Å². The van der Waals surface area contributed by atoms with Crippen molar-refractivity contribution in [1.29, 1.82) is 0 Å². The van der Waals surface area contributed by atoms with Crippen LogP contribution in [0.3, 0.4) is 0 Å². The standard InChI is InChI=1S/C18H21N5O3/c1-11-3-4-12(2)13(7-11)14-8-17(26-20-14)18(25)22-9-15(16(24)10-22)23-6-5-19-21-23/h3-7,15-17,24H,8-10H2,1-2H3/t15-,16-,17?/m1/s1. The number of aromatic nitrogens is 3. The summed E-state index contributed by atoms with van der Waals surface area (Å²) in [6.45, 7) is 4.67. The fourth-order valence-electron chi connectivity index (χ4n) is 3.52. The summed E-state index contributed by atoms with van der Waals surface area (Å²) in [5.74, 6) is -0.157. The number of aliphatic hydroxyl groups is 1. The van der Waals surface area contributed by atoms with Crippen LogP contribution in [0.4, 0.5) is 0 Å². The summed E-state index contributed by atoms with van der Waals surface area (Å²) < 4.78 is 1.59. The smallest absolute Gasteiger partial charge is 0.267 e. The summed E-state index contributed by atoms with van der Waals surface area (Å²) in [5, 5.41) is 22.1. The Morgan fingerprint density at radius 2 is 2.15 bits per heavy atom. The second kappa shape index (κ2) is 6.53. The third-order valence-electron chi connectivity index (χ3n) is 5.00. The van der Waals surface area contributed by atoms with Gasteiger partial charge in [0.2, 0.25) is 6.10 Å². The van der Waals surface area contributed by atoms with E-state index in [4.69, 9.17) is 4.84 Å². The Morgan fingerprint density at radius 1 is 1.31 bits per heavy atom. The third kappa shape index (κ3) is 2.96. The first-order valence-electron chi connectivity index (χ1n) is 8.66. The van der Waals surface area contributed by atoms with Crippen LogP contribution in [0.25, 0.3) is 0 Å². The fraction of sp³-hybridized carbons (Fsp3) is 0.444. The summed E-state index contributed by atoms with van der Waals surface area (Å²) in [6.07, 6.45) is 2.36. The van der Waals surface area contributed by atoms with Crippen molar-refractivity contribution in [2.75, 3.05) is 13.1 Å². The van der Waals surface area contributed by atoms with E-state index in [9.17, 15) is 9.90 Å². The van der Waals surface area contributed by atoms with Crippen LogP contribution in [0.5, 0.6) is 0 Å². The van der Waals surface area contributed by atoms with Crippen LogP contribution in [-0.2, 0) is 9.63 Å². The number of carbonyl (C=O) groups excluding carboxylic acids is 1. The van der Waals surface area contributed by atoms with Crippen molar-refractivity contribution in [3.63, 3.8) is 0 Å². The lowest BCUT2D eigenvalue weighted by molar-refractivity contribution is -0.141. The molecule has 1 N–H and O–H groups in total. The molecular weight excluding hydrogens is 334 g/mol. The molecule has 0 spiro atoms. The van der Waals surface area contributed by atoms with Gasteiger partial charge in [0.25, 0.3) is 5.91 Å². The number of aliphatic hydroxyl groups excluding tert-OH is 1. The molecule has 2 aromatic rings. The van der Waals surface area contributed by atoms with Gasteiger partial charge < -0.3 is 14.8 Å². The Labute approximate surface area is 151 Å². The quantitative estimate of drug-likeness (QED) is 0.880. The van der Waals surface area contributed by atoms with Gasteiger partial charge in [-0.1, -0.05) is 28.1 Å². The summed E-state index contributed by atoms with van der Waals surface area (Å²) >= 11 is 0. The number of amides is 1. The topological polar surface area (TPSA) is 92.8 Å². The van der Waals surface area contributed by atoms with Gasteiger partial charge >= 0.3 is 0 Å². The van der Waals surface area contributed by atoms with Crippen LogP contribution < -0.4 is 0 Å². The molecule has 0 aliphatic carbocycles. The number of oxime groups is 1. The molecule has 1 unspecified atom stereocenters. The minimum Gasteiger partial charge on any atom is -0.389 e. The lowest BCUT2D eigenvalue weighted by Gasteiger charge is -2.18. The second-order valence-corrected chi connectivity index (χ2v) is 6.92. The van der Waals surface area contributed by atoms with E-state index in [1.807, 2.05) is 26.0 Å². The molecule has 3 heterocycles. The molecule has 1 fully saturated rings. The van der Waals surface area contributed by atoms with Gasteiger partial charge in [-0.15, -0.1) is 5.10 Å². The van der Waals surface area contributed by atoms with Gasteiger partial charge in [0.15, 0.2) is 0 Å². The molecular formula is C18H21N5O3. The van der Waals surface area contributed by atoms with Crippen molar-refractivity contribution in [2.45, 2.75) is 38.5 Å². The molecule has 8 nitrogen and oxygen atoms in total. The minimum atomic E-state index is -0.679.